The van der Waals surface area contributed by atoms with Crippen molar-refractivity contribution in [3.63, 3.8) is 0 Å². The van der Waals surface area contributed by atoms with Crippen molar-refractivity contribution < 1.29 is 14.3 Å². The van der Waals surface area contributed by atoms with E-state index in [1.807, 2.05) is 50.2 Å². The second-order valence-electron chi connectivity index (χ2n) is 7.15. The Balaban J connectivity index is 1.84. The maximum absolute atomic E-state index is 13.0. The van der Waals surface area contributed by atoms with Crippen molar-refractivity contribution in [1.29, 1.82) is 0 Å². The number of hydrogen-bond acceptors (Lipinski definition) is 3. The highest BCUT2D eigenvalue weighted by molar-refractivity contribution is 5.89. The van der Waals surface area contributed by atoms with Crippen molar-refractivity contribution in [1.82, 2.24) is 5.32 Å². The molecule has 1 aliphatic carbocycles. The summed E-state index contributed by atoms with van der Waals surface area (Å²) in [5.41, 5.74) is 2.31. The van der Waals surface area contributed by atoms with Crippen LogP contribution in [0.2, 0.25) is 0 Å². The Morgan fingerprint density at radius 3 is 1.73 bits per heavy atom. The average Bonchev–Trinajstić information content (AvgIpc) is 3.42. The van der Waals surface area contributed by atoms with Crippen molar-refractivity contribution in [3.8, 4) is 0 Å². The van der Waals surface area contributed by atoms with Crippen molar-refractivity contribution in [2.75, 3.05) is 7.11 Å². The number of benzene rings is 2. The van der Waals surface area contributed by atoms with Crippen LogP contribution in [-0.2, 0) is 14.3 Å². The fraction of sp³-hybridized carbons (Fsp3) is 0.364. The van der Waals surface area contributed by atoms with E-state index in [2.05, 4.69) is 29.6 Å². The number of ether oxygens (including phenoxy) is 1. The molecule has 4 heteroatoms. The highest BCUT2D eigenvalue weighted by Gasteiger charge is 2.56. The average molecular weight is 351 g/mol. The summed E-state index contributed by atoms with van der Waals surface area (Å²) in [4.78, 5) is 25.0. The highest BCUT2D eigenvalue weighted by Crippen LogP contribution is 2.60. The first kappa shape index (κ1) is 18.2. The normalized spacial score (nSPS) is 22.5. The monoisotopic (exact) mass is 351 g/mol. The molecule has 4 nitrogen and oxygen atoms in total. The molecule has 26 heavy (non-hydrogen) atoms. The van der Waals surface area contributed by atoms with E-state index in [-0.39, 0.29) is 29.6 Å². The quantitative estimate of drug-likeness (QED) is 0.811. The van der Waals surface area contributed by atoms with Gasteiger partial charge in [0.2, 0.25) is 5.91 Å². The smallest absolute Gasteiger partial charge is 0.328 e. The first-order valence-electron chi connectivity index (χ1n) is 9.02. The summed E-state index contributed by atoms with van der Waals surface area (Å²) in [7, 11) is 1.35. The van der Waals surface area contributed by atoms with Crippen molar-refractivity contribution in [2.24, 2.45) is 11.8 Å². The second-order valence-corrected chi connectivity index (χ2v) is 7.15. The molecule has 1 N–H and O–H groups in total. The molecule has 0 saturated heterocycles. The summed E-state index contributed by atoms with van der Waals surface area (Å²) in [6.45, 7) is 3.80. The van der Waals surface area contributed by atoms with Crippen LogP contribution < -0.4 is 5.32 Å². The van der Waals surface area contributed by atoms with Gasteiger partial charge in [0, 0.05) is 11.8 Å². The van der Waals surface area contributed by atoms with Gasteiger partial charge in [-0.25, -0.2) is 4.79 Å². The van der Waals surface area contributed by atoms with Gasteiger partial charge in [-0.2, -0.15) is 0 Å². The van der Waals surface area contributed by atoms with Gasteiger partial charge in [0.25, 0.3) is 0 Å². The second kappa shape index (κ2) is 7.73. The van der Waals surface area contributed by atoms with E-state index in [9.17, 15) is 9.59 Å². The number of amides is 1. The number of rotatable bonds is 6. The summed E-state index contributed by atoms with van der Waals surface area (Å²) >= 11 is 0. The first-order chi connectivity index (χ1) is 12.5. The Morgan fingerprint density at radius 2 is 1.35 bits per heavy atom. The Morgan fingerprint density at radius 1 is 0.885 bits per heavy atom. The molecule has 0 radical (unpaired) electrons. The fourth-order valence-electron chi connectivity index (χ4n) is 3.69. The molecule has 2 aromatic rings. The Bertz CT molecular complexity index is 712. The molecule has 0 unspecified atom stereocenters. The number of methoxy groups -OCH3 is 1. The van der Waals surface area contributed by atoms with Crippen LogP contribution in [0.1, 0.15) is 36.8 Å². The van der Waals surface area contributed by atoms with Gasteiger partial charge in [0.05, 0.1) is 13.0 Å². The standard InChI is InChI=1S/C22H25NO3/c1-14(2)20(22(25)26-3)23-21(24)19-17(15-10-6-4-7-11-15)18(19)16-12-8-5-9-13-16/h4-14,17-20H,1-3H3,(H,23,24)/t17-,18-,20+/m1/s1. The number of esters is 1. The minimum Gasteiger partial charge on any atom is -0.467 e. The van der Waals surface area contributed by atoms with Crippen LogP contribution in [0.15, 0.2) is 60.7 Å². The van der Waals surface area contributed by atoms with Gasteiger partial charge >= 0.3 is 5.97 Å². The van der Waals surface area contributed by atoms with E-state index >= 15 is 0 Å². The molecule has 0 spiro atoms. The van der Waals surface area contributed by atoms with Crippen LogP contribution in [0.3, 0.4) is 0 Å². The van der Waals surface area contributed by atoms with Crippen molar-refractivity contribution in [3.05, 3.63) is 71.8 Å². The van der Waals surface area contributed by atoms with Crippen LogP contribution in [0.5, 0.6) is 0 Å². The van der Waals surface area contributed by atoms with Gasteiger partial charge in [-0.3, -0.25) is 4.79 Å². The van der Waals surface area contributed by atoms with E-state index < -0.39 is 12.0 Å². The van der Waals surface area contributed by atoms with E-state index in [1.54, 1.807) is 0 Å². The summed E-state index contributed by atoms with van der Waals surface area (Å²) in [6, 6.07) is 19.6. The maximum atomic E-state index is 13.0. The molecule has 1 saturated carbocycles. The van der Waals surface area contributed by atoms with Gasteiger partial charge in [0.15, 0.2) is 0 Å². The maximum Gasteiger partial charge on any atom is 0.328 e. The largest absolute Gasteiger partial charge is 0.467 e. The summed E-state index contributed by atoms with van der Waals surface area (Å²) in [6.07, 6.45) is 0. The minimum atomic E-state index is -0.624. The van der Waals surface area contributed by atoms with Crippen molar-refractivity contribution >= 4 is 11.9 Å². The lowest BCUT2D eigenvalue weighted by atomic mass is 10.0. The van der Waals surface area contributed by atoms with Gasteiger partial charge in [-0.1, -0.05) is 74.5 Å². The number of carbonyl (C=O) groups is 2. The number of carbonyl (C=O) groups excluding carboxylic acids is 2. The Labute approximate surface area is 154 Å². The van der Waals surface area contributed by atoms with Crippen LogP contribution in [0.25, 0.3) is 0 Å². The lowest BCUT2D eigenvalue weighted by molar-refractivity contribution is -0.146. The van der Waals surface area contributed by atoms with Crippen LogP contribution in [-0.4, -0.2) is 25.0 Å². The topological polar surface area (TPSA) is 55.4 Å². The van der Waals surface area contributed by atoms with Crippen molar-refractivity contribution in [2.45, 2.75) is 31.7 Å². The zero-order valence-electron chi connectivity index (χ0n) is 15.4. The summed E-state index contributed by atoms with van der Waals surface area (Å²) in [5.74, 6) is -0.437. The molecule has 1 amide bonds. The molecule has 3 rings (SSSR count). The van der Waals surface area contributed by atoms with Crippen LogP contribution in [0, 0.1) is 11.8 Å². The van der Waals surface area contributed by atoms with Gasteiger partial charge in [0.1, 0.15) is 6.04 Å². The van der Waals surface area contributed by atoms with Gasteiger partial charge in [-0.15, -0.1) is 0 Å². The molecule has 1 aliphatic rings. The zero-order valence-corrected chi connectivity index (χ0v) is 15.4. The lowest BCUT2D eigenvalue weighted by Crippen LogP contribution is -2.45. The van der Waals surface area contributed by atoms with Crippen LogP contribution >= 0.6 is 0 Å². The van der Waals surface area contributed by atoms with E-state index in [4.69, 9.17) is 4.74 Å². The van der Waals surface area contributed by atoms with Gasteiger partial charge in [-0.05, 0) is 17.0 Å². The predicted molar refractivity (Wildman–Crippen MR) is 101 cm³/mol. The van der Waals surface area contributed by atoms with Gasteiger partial charge < -0.3 is 10.1 Å². The first-order valence-corrected chi connectivity index (χ1v) is 9.02. The predicted octanol–water partition coefficient (Wildman–Crippen LogP) is 3.50. The third-order valence-corrected chi connectivity index (χ3v) is 5.11. The minimum absolute atomic E-state index is 0.0319. The molecule has 0 aliphatic heterocycles. The Hall–Kier alpha value is -2.62. The SMILES string of the molecule is COC(=O)[C@@H](NC(=O)C1[C@H](c2ccccc2)[C@H]1c1ccccc1)C(C)C. The molecular weight excluding hydrogens is 326 g/mol. The van der Waals surface area contributed by atoms with Crippen LogP contribution in [0.4, 0.5) is 0 Å². The molecule has 0 aromatic heterocycles. The summed E-state index contributed by atoms with van der Waals surface area (Å²) < 4.78 is 4.84. The molecule has 0 bridgehead atoms. The highest BCUT2D eigenvalue weighted by atomic mass is 16.5. The third kappa shape index (κ3) is 3.64. The molecule has 3 atom stereocenters. The Kier molecular flexibility index (Phi) is 5.40. The molecular formula is C22H25NO3. The summed E-state index contributed by atoms with van der Waals surface area (Å²) in [5, 5.41) is 2.92. The fourth-order valence-corrected chi connectivity index (χ4v) is 3.69. The third-order valence-electron chi connectivity index (χ3n) is 5.11. The zero-order chi connectivity index (χ0) is 18.7. The molecule has 136 valence electrons. The lowest BCUT2D eigenvalue weighted by Gasteiger charge is -2.20. The van der Waals surface area contributed by atoms with E-state index in [0.717, 1.165) is 11.1 Å². The molecule has 2 aromatic carbocycles. The van der Waals surface area contributed by atoms with E-state index in [1.165, 1.54) is 7.11 Å². The number of nitrogens with one attached hydrogen (secondary N) is 1. The molecule has 1 fully saturated rings. The molecule has 0 heterocycles. The number of hydrogen-bond donors (Lipinski definition) is 1. The van der Waals surface area contributed by atoms with E-state index in [0.29, 0.717) is 0 Å².